The molecule has 2 atom stereocenters. The van der Waals surface area contributed by atoms with Gasteiger partial charge in [0.1, 0.15) is 6.61 Å². The van der Waals surface area contributed by atoms with Crippen LogP contribution in [0.1, 0.15) is 19.3 Å². The van der Waals surface area contributed by atoms with E-state index in [1.807, 2.05) is 0 Å². The third-order valence-corrected chi connectivity index (χ3v) is 7.21. The molecule has 0 aromatic rings. The van der Waals surface area contributed by atoms with Crippen LogP contribution in [0.4, 0.5) is 0 Å². The fourth-order valence-electron chi connectivity index (χ4n) is 2.44. The Labute approximate surface area is 120 Å². The molecule has 0 radical (unpaired) electrons. The predicted octanol–water partition coefficient (Wildman–Crippen LogP) is -1.60. The third-order valence-electron chi connectivity index (χ3n) is 3.43. The van der Waals surface area contributed by atoms with Gasteiger partial charge in [-0.3, -0.25) is 13.9 Å². The highest BCUT2D eigenvalue weighted by Crippen LogP contribution is 2.61. The van der Waals surface area contributed by atoms with Gasteiger partial charge in [0.05, 0.1) is 12.1 Å². The van der Waals surface area contributed by atoms with Gasteiger partial charge in [0.15, 0.2) is 5.40 Å². The Bertz CT molecular complexity index is 450. The van der Waals surface area contributed by atoms with Gasteiger partial charge in [0, 0.05) is 13.0 Å². The Kier molecular flexibility index (Phi) is 6.11. The van der Waals surface area contributed by atoms with E-state index in [1.54, 1.807) is 0 Å². The van der Waals surface area contributed by atoms with Crippen molar-refractivity contribution in [2.75, 3.05) is 13.2 Å². The van der Waals surface area contributed by atoms with Gasteiger partial charge < -0.3 is 34.7 Å². The summed E-state index contributed by atoms with van der Waals surface area (Å²) in [6, 6.07) is -0.828. The van der Waals surface area contributed by atoms with Crippen molar-refractivity contribution in [3.63, 3.8) is 0 Å². The minimum Gasteiger partial charge on any atom is -0.391 e. The molecule has 0 saturated carbocycles. The van der Waals surface area contributed by atoms with E-state index in [1.165, 1.54) is 0 Å². The first kappa shape index (κ1) is 18.7. The van der Waals surface area contributed by atoms with Crippen LogP contribution in [0.15, 0.2) is 0 Å². The molecule has 0 aliphatic carbocycles. The maximum absolute atomic E-state index is 11.5. The molecule has 21 heavy (non-hydrogen) atoms. The number of aliphatic hydroxyl groups excluding tert-OH is 2. The number of carbonyl (C=O) groups is 1. The number of carbonyl (C=O) groups excluding carboxylic acids is 1. The zero-order chi connectivity index (χ0) is 16.4. The summed E-state index contributed by atoms with van der Waals surface area (Å²) in [5, 5.41) is 16.5. The summed E-state index contributed by atoms with van der Waals surface area (Å²) in [6.07, 6.45) is -1.51. The van der Waals surface area contributed by atoms with Crippen molar-refractivity contribution in [1.82, 2.24) is 4.90 Å². The van der Waals surface area contributed by atoms with Gasteiger partial charge in [0.25, 0.3) is 0 Å². The highest BCUT2D eigenvalue weighted by atomic mass is 31.2. The first-order chi connectivity index (χ1) is 9.48. The van der Waals surface area contributed by atoms with Crippen LogP contribution >= 0.6 is 15.2 Å². The van der Waals surface area contributed by atoms with Crippen molar-refractivity contribution in [3.05, 3.63) is 0 Å². The van der Waals surface area contributed by atoms with Crippen LogP contribution in [0.25, 0.3) is 0 Å². The molecule has 12 heteroatoms. The average Bonchev–Trinajstić information content (AvgIpc) is 2.80. The lowest BCUT2D eigenvalue weighted by Gasteiger charge is -2.30. The number of hydrogen-bond acceptors (Lipinski definition) is 5. The first-order valence-electron chi connectivity index (χ1n) is 6.17. The molecule has 1 heterocycles. The monoisotopic (exact) mass is 347 g/mol. The fraction of sp³-hybridized carbons (Fsp3) is 0.889. The Morgan fingerprint density at radius 2 is 1.71 bits per heavy atom. The second kappa shape index (κ2) is 6.85. The smallest absolute Gasteiger partial charge is 0.340 e. The van der Waals surface area contributed by atoms with E-state index >= 15 is 0 Å². The molecule has 0 spiro atoms. The second-order valence-electron chi connectivity index (χ2n) is 4.92. The lowest BCUT2D eigenvalue weighted by molar-refractivity contribution is -0.137. The van der Waals surface area contributed by atoms with E-state index in [0.717, 1.165) is 4.90 Å². The summed E-state index contributed by atoms with van der Waals surface area (Å²) in [7, 11) is -10.2. The SMILES string of the molecule is O=C(CO)N1CCCC1C(O)CC(P(=O)(O)O)P(=O)(O)O. The topological polar surface area (TPSA) is 176 Å². The van der Waals surface area contributed by atoms with E-state index in [0.29, 0.717) is 12.8 Å². The van der Waals surface area contributed by atoms with Crippen LogP contribution in [-0.4, -0.2) is 71.3 Å². The summed E-state index contributed by atoms with van der Waals surface area (Å²) in [6.45, 7) is -0.513. The van der Waals surface area contributed by atoms with Crippen LogP contribution < -0.4 is 0 Å². The van der Waals surface area contributed by atoms with Crippen molar-refractivity contribution < 1.29 is 43.7 Å². The standard InChI is InChI=1S/C9H19NO9P2/c11-5-8(13)10-3-1-2-6(10)7(12)4-9(20(14,15)16)21(17,18)19/h6-7,9,11-12H,1-5H2,(H2,14,15,16)(H2,17,18,19). The number of nitrogens with zero attached hydrogens (tertiary/aromatic N) is 1. The number of rotatable bonds is 6. The summed E-state index contributed by atoms with van der Waals surface area (Å²) in [5.41, 5.74) is 0. The van der Waals surface area contributed by atoms with Crippen LogP contribution in [0.2, 0.25) is 0 Å². The zero-order valence-corrected chi connectivity index (χ0v) is 12.8. The Morgan fingerprint density at radius 1 is 1.19 bits per heavy atom. The van der Waals surface area contributed by atoms with Crippen molar-refractivity contribution in [3.8, 4) is 0 Å². The molecule has 6 N–H and O–H groups in total. The molecule has 1 saturated heterocycles. The molecule has 0 aromatic carbocycles. The fourth-order valence-corrected chi connectivity index (χ4v) is 4.99. The maximum Gasteiger partial charge on any atom is 0.340 e. The maximum atomic E-state index is 11.5. The summed E-state index contributed by atoms with van der Waals surface area (Å²) in [5.74, 6) is -0.652. The number of amides is 1. The Hall–Kier alpha value is -0.310. The lowest BCUT2D eigenvalue weighted by atomic mass is 10.1. The van der Waals surface area contributed by atoms with Crippen molar-refractivity contribution in [2.24, 2.45) is 0 Å². The highest BCUT2D eigenvalue weighted by molar-refractivity contribution is 7.70. The van der Waals surface area contributed by atoms with Gasteiger partial charge in [-0.2, -0.15) is 0 Å². The third kappa shape index (κ3) is 4.84. The molecule has 1 fully saturated rings. The van der Waals surface area contributed by atoms with Crippen LogP contribution in [-0.2, 0) is 13.9 Å². The molecule has 1 amide bonds. The van der Waals surface area contributed by atoms with Crippen molar-refractivity contribution in [2.45, 2.75) is 36.8 Å². The number of aliphatic hydroxyl groups is 2. The van der Waals surface area contributed by atoms with Gasteiger partial charge in [0.2, 0.25) is 5.91 Å². The van der Waals surface area contributed by atoms with E-state index in [-0.39, 0.29) is 6.54 Å². The molecule has 0 aromatic heterocycles. The van der Waals surface area contributed by atoms with Gasteiger partial charge >= 0.3 is 15.2 Å². The zero-order valence-electron chi connectivity index (χ0n) is 11.0. The lowest BCUT2D eigenvalue weighted by Crippen LogP contribution is -2.45. The highest BCUT2D eigenvalue weighted by Gasteiger charge is 2.46. The largest absolute Gasteiger partial charge is 0.391 e. The molecular formula is C9H19NO9P2. The molecule has 1 rings (SSSR count). The Balaban J connectivity index is 2.87. The molecule has 1 aliphatic rings. The van der Waals surface area contributed by atoms with Crippen LogP contribution in [0, 0.1) is 0 Å². The number of hydrogen-bond donors (Lipinski definition) is 6. The predicted molar refractivity (Wildman–Crippen MR) is 70.3 cm³/mol. The molecule has 2 unspecified atom stereocenters. The van der Waals surface area contributed by atoms with Crippen LogP contribution in [0.5, 0.6) is 0 Å². The van der Waals surface area contributed by atoms with Gasteiger partial charge in [-0.15, -0.1) is 0 Å². The van der Waals surface area contributed by atoms with Gasteiger partial charge in [-0.1, -0.05) is 0 Å². The van der Waals surface area contributed by atoms with Crippen molar-refractivity contribution in [1.29, 1.82) is 0 Å². The first-order valence-corrected chi connectivity index (χ1v) is 9.53. The van der Waals surface area contributed by atoms with Crippen LogP contribution in [0.3, 0.4) is 0 Å². The minimum atomic E-state index is -5.12. The van der Waals surface area contributed by atoms with Gasteiger partial charge in [-0.25, -0.2) is 0 Å². The van der Waals surface area contributed by atoms with E-state index in [2.05, 4.69) is 0 Å². The quantitative estimate of drug-likeness (QED) is 0.309. The summed E-state index contributed by atoms with van der Waals surface area (Å²) in [4.78, 5) is 48.7. The summed E-state index contributed by atoms with van der Waals surface area (Å²) < 4.78 is 22.3. The molecule has 0 bridgehead atoms. The molecular weight excluding hydrogens is 328 g/mol. The minimum absolute atomic E-state index is 0.262. The van der Waals surface area contributed by atoms with Gasteiger partial charge in [-0.05, 0) is 12.8 Å². The van der Waals surface area contributed by atoms with Crippen molar-refractivity contribution >= 4 is 21.1 Å². The van der Waals surface area contributed by atoms with E-state index in [4.69, 9.17) is 24.7 Å². The second-order valence-corrected chi connectivity index (χ2v) is 8.93. The van der Waals surface area contributed by atoms with E-state index < -0.39 is 51.7 Å². The average molecular weight is 347 g/mol. The molecule has 1 aliphatic heterocycles. The molecule has 124 valence electrons. The Morgan fingerprint density at radius 3 is 2.14 bits per heavy atom. The number of likely N-dealkylation sites (tertiary alicyclic amines) is 1. The summed E-state index contributed by atoms with van der Waals surface area (Å²) >= 11 is 0. The van der Waals surface area contributed by atoms with E-state index in [9.17, 15) is 19.0 Å². The molecule has 10 nitrogen and oxygen atoms in total. The normalized spacial score (nSPS) is 21.9.